The number of pyridine rings is 1. The Hall–Kier alpha value is -3.91. The zero-order valence-corrected chi connectivity index (χ0v) is 20.8. The van der Waals surface area contributed by atoms with Crippen LogP contribution in [0.4, 0.5) is 5.13 Å². The number of nitrogen functional groups attached to an aromatic ring is 1. The minimum absolute atomic E-state index is 0.138. The molecule has 3 aromatic heterocycles. The highest BCUT2D eigenvalue weighted by Crippen LogP contribution is 2.41. The van der Waals surface area contributed by atoms with Gasteiger partial charge in [0.1, 0.15) is 24.2 Å². The number of nitrogens with one attached hydrogen (secondary N) is 2. The number of hydrogen-bond donors (Lipinski definition) is 3. The number of anilines is 1. The van der Waals surface area contributed by atoms with Crippen LogP contribution < -0.4 is 20.7 Å². The Kier molecular flexibility index (Phi) is 6.14. The lowest BCUT2D eigenvalue weighted by molar-refractivity contribution is -0.583. The molecule has 2 aliphatic heterocycles. The Labute approximate surface area is 212 Å². The van der Waals surface area contributed by atoms with Crippen LogP contribution in [0.3, 0.4) is 0 Å². The zero-order chi connectivity index (χ0) is 25.6. The normalized spacial score (nSPS) is 19.8. The summed E-state index contributed by atoms with van der Waals surface area (Å²) in [5.41, 5.74) is 8.95. The quantitative estimate of drug-likeness (QED) is 0.154. The minimum atomic E-state index is -1.43. The zero-order valence-electron chi connectivity index (χ0n) is 19.2. The van der Waals surface area contributed by atoms with E-state index in [1.54, 1.807) is 5.38 Å². The molecule has 36 heavy (non-hydrogen) atoms. The first kappa shape index (κ1) is 23.8. The molecule has 0 spiro atoms. The fourth-order valence-electron chi connectivity index (χ4n) is 4.34. The van der Waals surface area contributed by atoms with Crippen molar-refractivity contribution in [3.05, 3.63) is 58.0 Å². The molecule has 2 amide bonds. The molecule has 5 rings (SSSR count). The van der Waals surface area contributed by atoms with E-state index in [4.69, 9.17) is 10.6 Å². The van der Waals surface area contributed by atoms with Crippen LogP contribution in [-0.2, 0) is 25.6 Å². The molecule has 3 aromatic rings. The SMILES string of the molecule is CO/N=C(\C(=O)N[C@@H]1C(=O)N2C(C(=O)[O-])=C(Cc3c[nH][n+]4c(C)cccc34)CS[C@@H]12)c1csc(N)n1. The van der Waals surface area contributed by atoms with Gasteiger partial charge in [-0.1, -0.05) is 9.67 Å². The number of aryl methyl sites for hydroxylation is 1. The molecule has 0 aromatic carbocycles. The molecular formula is C22H21N7O5S2. The van der Waals surface area contributed by atoms with Crippen LogP contribution in [0.25, 0.3) is 5.52 Å². The first-order valence-electron chi connectivity index (χ1n) is 10.8. The lowest BCUT2D eigenvalue weighted by Gasteiger charge is -2.50. The van der Waals surface area contributed by atoms with Crippen molar-refractivity contribution in [1.29, 1.82) is 0 Å². The summed E-state index contributed by atoms with van der Waals surface area (Å²) in [6.45, 7) is 1.96. The Morgan fingerprint density at radius 1 is 1.44 bits per heavy atom. The standard InChI is InChI=1S/C22H21N7O5S2/c1-10-4-3-5-14-11(7-24-29(10)14)6-12-8-35-20-16(19(31)28(20)17(12)21(32)33)26-18(30)15(27-34-2)13-9-36-22(23)25-13/h3-5,7,9,16,20H,6,8H2,1-2H3,(H4,23,25,26,30,32,33)/b27-15-/t16-,20+/m1/s1. The molecule has 4 N–H and O–H groups in total. The first-order valence-corrected chi connectivity index (χ1v) is 12.7. The molecule has 2 aliphatic rings. The van der Waals surface area contributed by atoms with E-state index in [9.17, 15) is 19.5 Å². The van der Waals surface area contributed by atoms with Crippen molar-refractivity contribution in [3.8, 4) is 0 Å². The molecule has 1 fully saturated rings. The van der Waals surface area contributed by atoms with Gasteiger partial charge in [-0.3, -0.25) is 14.5 Å². The molecule has 12 nitrogen and oxygen atoms in total. The summed E-state index contributed by atoms with van der Waals surface area (Å²) in [7, 11) is 1.28. The summed E-state index contributed by atoms with van der Waals surface area (Å²) in [6.07, 6.45) is 2.15. The Bertz CT molecular complexity index is 1460. The first-order chi connectivity index (χ1) is 17.3. The second kappa shape index (κ2) is 9.28. The number of carbonyl (C=O) groups excluding carboxylic acids is 3. The molecule has 5 heterocycles. The Balaban J connectivity index is 1.38. The van der Waals surface area contributed by atoms with Gasteiger partial charge in [-0.05, 0) is 11.6 Å². The van der Waals surface area contributed by atoms with Gasteiger partial charge in [0.05, 0.1) is 23.4 Å². The number of nitrogens with two attached hydrogens (primary N) is 1. The van der Waals surface area contributed by atoms with Crippen LogP contribution in [0.15, 0.2) is 46.2 Å². The second-order valence-corrected chi connectivity index (χ2v) is 10.2. The molecule has 14 heteroatoms. The summed E-state index contributed by atoms with van der Waals surface area (Å²) >= 11 is 2.50. The number of amides is 2. The summed E-state index contributed by atoms with van der Waals surface area (Å²) in [4.78, 5) is 48.0. The van der Waals surface area contributed by atoms with Crippen molar-refractivity contribution < 1.29 is 28.8 Å². The van der Waals surface area contributed by atoms with E-state index >= 15 is 0 Å². The van der Waals surface area contributed by atoms with E-state index in [-0.39, 0.29) is 22.2 Å². The molecule has 0 bridgehead atoms. The van der Waals surface area contributed by atoms with E-state index < -0.39 is 29.2 Å². The van der Waals surface area contributed by atoms with Crippen LogP contribution in [-0.4, -0.2) is 62.8 Å². The maximum atomic E-state index is 13.0. The number of aromatic nitrogens is 3. The predicted octanol–water partition coefficient (Wildman–Crippen LogP) is -0.902. The molecule has 0 unspecified atom stereocenters. The lowest BCUT2D eigenvalue weighted by Crippen LogP contribution is -2.71. The molecule has 0 saturated carbocycles. The van der Waals surface area contributed by atoms with Gasteiger partial charge in [0, 0.05) is 36.6 Å². The van der Waals surface area contributed by atoms with Gasteiger partial charge in [-0.2, -0.15) is 5.10 Å². The van der Waals surface area contributed by atoms with Crippen molar-refractivity contribution in [1.82, 2.24) is 20.3 Å². The van der Waals surface area contributed by atoms with E-state index in [1.165, 1.54) is 23.8 Å². The van der Waals surface area contributed by atoms with Gasteiger partial charge in [-0.15, -0.1) is 23.1 Å². The number of fused-ring (bicyclic) bond motifs is 2. The topological polar surface area (TPSA) is 170 Å². The smallest absolute Gasteiger partial charge is 0.276 e. The number of aliphatic carboxylic acids is 1. The van der Waals surface area contributed by atoms with Crippen molar-refractivity contribution in [2.45, 2.75) is 24.8 Å². The average Bonchev–Trinajstić information content (AvgIpc) is 3.47. The van der Waals surface area contributed by atoms with Gasteiger partial charge in [0.25, 0.3) is 11.8 Å². The number of thiazole rings is 1. The molecule has 186 valence electrons. The Morgan fingerprint density at radius 2 is 2.25 bits per heavy atom. The summed E-state index contributed by atoms with van der Waals surface area (Å²) in [5.74, 6) is -2.31. The van der Waals surface area contributed by atoms with Crippen LogP contribution in [0, 0.1) is 6.92 Å². The van der Waals surface area contributed by atoms with Crippen LogP contribution in [0.2, 0.25) is 0 Å². The summed E-state index contributed by atoms with van der Waals surface area (Å²) < 4.78 is 1.91. The van der Waals surface area contributed by atoms with Gasteiger partial charge < -0.3 is 25.8 Å². The molecular weight excluding hydrogens is 506 g/mol. The van der Waals surface area contributed by atoms with Crippen LogP contribution >= 0.6 is 23.1 Å². The maximum Gasteiger partial charge on any atom is 0.276 e. The molecule has 1 saturated heterocycles. The highest BCUT2D eigenvalue weighted by molar-refractivity contribution is 8.00. The predicted molar refractivity (Wildman–Crippen MR) is 130 cm³/mol. The van der Waals surface area contributed by atoms with Gasteiger partial charge >= 0.3 is 0 Å². The van der Waals surface area contributed by atoms with E-state index in [2.05, 4.69) is 20.6 Å². The maximum absolute atomic E-state index is 13.0. The number of β-lactam (4-membered cyclic amide) rings is 1. The highest BCUT2D eigenvalue weighted by Gasteiger charge is 2.53. The number of hydrogen-bond acceptors (Lipinski definition) is 10. The van der Waals surface area contributed by atoms with Crippen molar-refractivity contribution in [3.63, 3.8) is 0 Å². The molecule has 0 aliphatic carbocycles. The lowest BCUT2D eigenvalue weighted by atomic mass is 9.99. The summed E-state index contributed by atoms with van der Waals surface area (Å²) in [6, 6.07) is 4.88. The number of aromatic amines is 1. The number of oxime groups is 1. The largest absolute Gasteiger partial charge is 0.543 e. The number of rotatable bonds is 7. The minimum Gasteiger partial charge on any atom is -0.543 e. The Morgan fingerprint density at radius 3 is 2.94 bits per heavy atom. The number of carboxylic acids is 1. The van der Waals surface area contributed by atoms with Crippen LogP contribution in [0.5, 0.6) is 0 Å². The summed E-state index contributed by atoms with van der Waals surface area (Å²) in [5, 5.41) is 22.8. The van der Waals surface area contributed by atoms with E-state index in [1.807, 2.05) is 35.8 Å². The third-order valence-electron chi connectivity index (χ3n) is 5.98. The number of H-pyrrole nitrogens is 1. The monoisotopic (exact) mass is 527 g/mol. The van der Waals surface area contributed by atoms with Crippen molar-refractivity contribution >= 4 is 57.2 Å². The van der Waals surface area contributed by atoms with E-state index in [0.717, 1.165) is 28.1 Å². The second-order valence-electron chi connectivity index (χ2n) is 8.16. The fourth-order valence-corrected chi connectivity index (χ4v) is 6.23. The third-order valence-corrected chi connectivity index (χ3v) is 7.99. The number of thioether (sulfide) groups is 1. The van der Waals surface area contributed by atoms with Crippen LogP contribution in [0.1, 0.15) is 17.0 Å². The van der Waals surface area contributed by atoms with Gasteiger partial charge in [0.2, 0.25) is 11.2 Å². The number of carboxylic acid groups (broad SMARTS) is 1. The van der Waals surface area contributed by atoms with Crippen molar-refractivity contribution in [2.75, 3.05) is 18.6 Å². The molecule has 0 radical (unpaired) electrons. The van der Waals surface area contributed by atoms with E-state index in [0.29, 0.717) is 17.7 Å². The van der Waals surface area contributed by atoms with Gasteiger partial charge in [0.15, 0.2) is 10.8 Å². The average molecular weight is 528 g/mol. The number of nitrogens with zero attached hydrogens (tertiary/aromatic N) is 4. The van der Waals surface area contributed by atoms with Gasteiger partial charge in [-0.25, -0.2) is 4.98 Å². The molecule has 2 atom stereocenters. The van der Waals surface area contributed by atoms with Crippen molar-refractivity contribution in [2.24, 2.45) is 5.16 Å². The fraction of sp³-hybridized carbons (Fsp3) is 0.273. The number of carbonyl (C=O) groups is 3. The third kappa shape index (κ3) is 3.97. The highest BCUT2D eigenvalue weighted by atomic mass is 32.2.